The lowest BCUT2D eigenvalue weighted by Crippen LogP contribution is -2.41. The Morgan fingerprint density at radius 3 is 2.44 bits per heavy atom. The summed E-state index contributed by atoms with van der Waals surface area (Å²) in [6, 6.07) is 7.24. The van der Waals surface area contributed by atoms with Crippen LogP contribution >= 0.6 is 0 Å². The molecule has 0 spiro atoms. The first kappa shape index (κ1) is 13.0. The van der Waals surface area contributed by atoms with Crippen LogP contribution in [-0.2, 0) is 0 Å². The Balaban J connectivity index is 2.72. The van der Waals surface area contributed by atoms with Crippen LogP contribution in [0.5, 0.6) is 0 Å². The fourth-order valence-corrected chi connectivity index (χ4v) is 1.79. The second-order valence-corrected chi connectivity index (χ2v) is 4.47. The van der Waals surface area contributed by atoms with Crippen LogP contribution in [0.25, 0.3) is 0 Å². The van der Waals surface area contributed by atoms with Gasteiger partial charge in [-0.2, -0.15) is 0 Å². The standard InChI is InChI=1S/C13H21FN2/c1-10(2)12(15-3)9-16(4)13-8-6-5-7-11(13)14/h5-8,10,12,15H,9H2,1-4H3. The summed E-state index contributed by atoms with van der Waals surface area (Å²) in [5, 5.41) is 3.26. The van der Waals surface area contributed by atoms with Crippen LogP contribution in [0.2, 0.25) is 0 Å². The average Bonchev–Trinajstić information content (AvgIpc) is 2.25. The summed E-state index contributed by atoms with van der Waals surface area (Å²) in [6.45, 7) is 5.13. The molecular formula is C13H21FN2. The number of hydrogen-bond acceptors (Lipinski definition) is 2. The van der Waals surface area contributed by atoms with Gasteiger partial charge in [0.2, 0.25) is 0 Å². The van der Waals surface area contributed by atoms with Gasteiger partial charge in [0.1, 0.15) is 5.82 Å². The van der Waals surface area contributed by atoms with Gasteiger partial charge in [-0.15, -0.1) is 0 Å². The van der Waals surface area contributed by atoms with Gasteiger partial charge in [0.05, 0.1) is 5.69 Å². The number of halogens is 1. The number of anilines is 1. The Hall–Kier alpha value is -1.09. The molecule has 1 aromatic carbocycles. The Kier molecular flexibility index (Phi) is 4.74. The molecule has 0 amide bonds. The SMILES string of the molecule is CNC(CN(C)c1ccccc1F)C(C)C. The molecule has 0 fully saturated rings. The Labute approximate surface area is 97.5 Å². The maximum atomic E-state index is 13.5. The van der Waals surface area contributed by atoms with Crippen molar-refractivity contribution in [3.05, 3.63) is 30.1 Å². The second kappa shape index (κ2) is 5.85. The first-order valence-electron chi connectivity index (χ1n) is 5.69. The third-order valence-corrected chi connectivity index (χ3v) is 2.91. The molecule has 0 bridgehead atoms. The van der Waals surface area contributed by atoms with Crippen molar-refractivity contribution in [2.24, 2.45) is 5.92 Å². The molecule has 0 saturated carbocycles. The van der Waals surface area contributed by atoms with Gasteiger partial charge in [0, 0.05) is 19.6 Å². The summed E-state index contributed by atoms with van der Waals surface area (Å²) in [4.78, 5) is 1.95. The minimum atomic E-state index is -0.163. The van der Waals surface area contributed by atoms with E-state index < -0.39 is 0 Å². The molecule has 1 aromatic rings. The quantitative estimate of drug-likeness (QED) is 0.826. The van der Waals surface area contributed by atoms with Crippen molar-refractivity contribution >= 4 is 5.69 Å². The summed E-state index contributed by atoms with van der Waals surface area (Å²) in [5.74, 6) is 0.364. The monoisotopic (exact) mass is 224 g/mol. The third-order valence-electron chi connectivity index (χ3n) is 2.91. The van der Waals surface area contributed by atoms with Crippen molar-refractivity contribution in [1.82, 2.24) is 5.32 Å². The van der Waals surface area contributed by atoms with E-state index in [1.54, 1.807) is 6.07 Å². The van der Waals surface area contributed by atoms with Gasteiger partial charge in [-0.25, -0.2) is 4.39 Å². The molecule has 0 aliphatic rings. The molecular weight excluding hydrogens is 203 g/mol. The van der Waals surface area contributed by atoms with E-state index in [0.29, 0.717) is 17.6 Å². The second-order valence-electron chi connectivity index (χ2n) is 4.47. The predicted octanol–water partition coefficient (Wildman–Crippen LogP) is 2.51. The van der Waals surface area contributed by atoms with Crippen LogP contribution in [0.15, 0.2) is 24.3 Å². The lowest BCUT2D eigenvalue weighted by atomic mass is 10.0. The number of likely N-dealkylation sites (N-methyl/N-ethyl adjacent to an activating group) is 2. The smallest absolute Gasteiger partial charge is 0.146 e. The highest BCUT2D eigenvalue weighted by Gasteiger charge is 2.15. The van der Waals surface area contributed by atoms with E-state index in [2.05, 4.69) is 19.2 Å². The topological polar surface area (TPSA) is 15.3 Å². The molecule has 0 aliphatic heterocycles. The molecule has 0 radical (unpaired) electrons. The van der Waals surface area contributed by atoms with Crippen LogP contribution < -0.4 is 10.2 Å². The van der Waals surface area contributed by atoms with Crippen molar-refractivity contribution in [2.75, 3.05) is 25.5 Å². The van der Waals surface area contributed by atoms with E-state index >= 15 is 0 Å². The van der Waals surface area contributed by atoms with E-state index in [1.165, 1.54) is 6.07 Å². The van der Waals surface area contributed by atoms with Gasteiger partial charge < -0.3 is 10.2 Å². The molecule has 2 nitrogen and oxygen atoms in total. The molecule has 1 unspecified atom stereocenters. The molecule has 1 atom stereocenters. The number of hydrogen-bond donors (Lipinski definition) is 1. The molecule has 0 aliphatic carbocycles. The van der Waals surface area contributed by atoms with Crippen molar-refractivity contribution < 1.29 is 4.39 Å². The molecule has 16 heavy (non-hydrogen) atoms. The first-order chi connectivity index (χ1) is 7.56. The zero-order valence-electron chi connectivity index (χ0n) is 10.5. The van der Waals surface area contributed by atoms with Crippen molar-refractivity contribution in [3.8, 4) is 0 Å². The summed E-state index contributed by atoms with van der Waals surface area (Å²) in [5.41, 5.74) is 0.656. The van der Waals surface area contributed by atoms with E-state index in [1.807, 2.05) is 31.1 Å². The van der Waals surface area contributed by atoms with E-state index in [9.17, 15) is 4.39 Å². The highest BCUT2D eigenvalue weighted by atomic mass is 19.1. The van der Waals surface area contributed by atoms with Gasteiger partial charge >= 0.3 is 0 Å². The zero-order valence-corrected chi connectivity index (χ0v) is 10.5. The Bertz CT molecular complexity index is 325. The summed E-state index contributed by atoms with van der Waals surface area (Å²) in [6.07, 6.45) is 0. The van der Waals surface area contributed by atoms with Gasteiger partial charge in [-0.3, -0.25) is 0 Å². The number of nitrogens with one attached hydrogen (secondary N) is 1. The van der Waals surface area contributed by atoms with E-state index in [0.717, 1.165) is 6.54 Å². The number of benzene rings is 1. The molecule has 1 rings (SSSR count). The molecule has 3 heteroatoms. The number of para-hydroxylation sites is 1. The lowest BCUT2D eigenvalue weighted by Gasteiger charge is -2.28. The summed E-state index contributed by atoms with van der Waals surface area (Å²) >= 11 is 0. The summed E-state index contributed by atoms with van der Waals surface area (Å²) in [7, 11) is 3.87. The largest absolute Gasteiger partial charge is 0.371 e. The molecule has 0 heterocycles. The highest BCUT2D eigenvalue weighted by Crippen LogP contribution is 2.18. The minimum Gasteiger partial charge on any atom is -0.371 e. The maximum Gasteiger partial charge on any atom is 0.146 e. The maximum absolute atomic E-state index is 13.5. The van der Waals surface area contributed by atoms with Crippen molar-refractivity contribution in [1.29, 1.82) is 0 Å². The van der Waals surface area contributed by atoms with Gasteiger partial charge in [-0.05, 0) is 25.1 Å². The number of nitrogens with zero attached hydrogens (tertiary/aromatic N) is 1. The molecule has 0 saturated heterocycles. The molecule has 0 aromatic heterocycles. The van der Waals surface area contributed by atoms with Crippen LogP contribution in [-0.4, -0.2) is 26.7 Å². The molecule has 1 N–H and O–H groups in total. The predicted molar refractivity (Wildman–Crippen MR) is 67.4 cm³/mol. The Morgan fingerprint density at radius 2 is 1.94 bits per heavy atom. The highest BCUT2D eigenvalue weighted by molar-refractivity contribution is 5.46. The number of rotatable bonds is 5. The van der Waals surface area contributed by atoms with Crippen molar-refractivity contribution in [2.45, 2.75) is 19.9 Å². The fourth-order valence-electron chi connectivity index (χ4n) is 1.79. The van der Waals surface area contributed by atoms with Crippen molar-refractivity contribution in [3.63, 3.8) is 0 Å². The first-order valence-corrected chi connectivity index (χ1v) is 5.69. The normalized spacial score (nSPS) is 12.9. The van der Waals surface area contributed by atoms with Gasteiger partial charge in [0.15, 0.2) is 0 Å². The van der Waals surface area contributed by atoms with E-state index in [4.69, 9.17) is 0 Å². The van der Waals surface area contributed by atoms with E-state index in [-0.39, 0.29) is 5.82 Å². The van der Waals surface area contributed by atoms with Crippen LogP contribution in [0, 0.1) is 11.7 Å². The average molecular weight is 224 g/mol. The zero-order chi connectivity index (χ0) is 12.1. The van der Waals surface area contributed by atoms with Crippen LogP contribution in [0.1, 0.15) is 13.8 Å². The minimum absolute atomic E-state index is 0.163. The Morgan fingerprint density at radius 1 is 1.31 bits per heavy atom. The van der Waals surface area contributed by atoms with Gasteiger partial charge in [-0.1, -0.05) is 26.0 Å². The van der Waals surface area contributed by atoms with Crippen LogP contribution in [0.4, 0.5) is 10.1 Å². The molecule has 90 valence electrons. The van der Waals surface area contributed by atoms with Crippen LogP contribution in [0.3, 0.4) is 0 Å². The lowest BCUT2D eigenvalue weighted by molar-refractivity contribution is 0.427. The van der Waals surface area contributed by atoms with Gasteiger partial charge in [0.25, 0.3) is 0 Å². The summed E-state index contributed by atoms with van der Waals surface area (Å²) < 4.78 is 13.5. The fraction of sp³-hybridized carbons (Fsp3) is 0.538. The third kappa shape index (κ3) is 3.20.